The molecule has 7 nitrogen and oxygen atoms in total. The molecular weight excluding hydrogens is 441 g/mol. The van der Waals surface area contributed by atoms with Crippen molar-refractivity contribution in [3.8, 4) is 11.1 Å². The maximum Gasteiger partial charge on any atom is 0.409 e. The number of nitrogens with one attached hydrogen (secondary N) is 1. The average Bonchev–Trinajstić information content (AvgIpc) is 3.08. The van der Waals surface area contributed by atoms with Gasteiger partial charge in [0.25, 0.3) is 0 Å². The summed E-state index contributed by atoms with van der Waals surface area (Å²) in [5, 5.41) is 10.5. The van der Waals surface area contributed by atoms with E-state index in [1.807, 2.05) is 48.5 Å². The Morgan fingerprint density at radius 3 is 2.09 bits per heavy atom. The van der Waals surface area contributed by atoms with Gasteiger partial charge in [-0.2, -0.15) is 13.2 Å². The van der Waals surface area contributed by atoms with E-state index in [0.717, 1.165) is 27.2 Å². The maximum absolute atomic E-state index is 13.4. The Kier molecular flexibility index (Phi) is 7.25. The average molecular weight is 464 g/mol. The van der Waals surface area contributed by atoms with Crippen LogP contribution in [0.2, 0.25) is 0 Å². The number of halogens is 3. The molecule has 0 aromatic heterocycles. The summed E-state index contributed by atoms with van der Waals surface area (Å²) in [6.07, 6.45) is -7.37. The molecule has 1 unspecified atom stereocenters. The van der Waals surface area contributed by atoms with Gasteiger partial charge in [-0.15, -0.1) is 0 Å². The van der Waals surface area contributed by atoms with E-state index in [2.05, 4.69) is 0 Å². The molecule has 1 aliphatic carbocycles. The first-order chi connectivity index (χ1) is 15.6. The van der Waals surface area contributed by atoms with Gasteiger partial charge in [-0.25, -0.2) is 4.79 Å². The number of carboxylic acid groups (broad SMARTS) is 1. The lowest BCUT2D eigenvalue weighted by Gasteiger charge is -2.25. The molecule has 2 aromatic rings. The van der Waals surface area contributed by atoms with Gasteiger partial charge in [-0.1, -0.05) is 48.5 Å². The van der Waals surface area contributed by atoms with Gasteiger partial charge in [0.1, 0.15) is 19.2 Å². The fourth-order valence-electron chi connectivity index (χ4n) is 3.87. The van der Waals surface area contributed by atoms with Crippen molar-refractivity contribution in [3.63, 3.8) is 0 Å². The van der Waals surface area contributed by atoms with E-state index in [1.165, 1.54) is 6.92 Å². The Morgan fingerprint density at radius 2 is 1.61 bits per heavy atom. The third kappa shape index (κ3) is 5.63. The minimum atomic E-state index is -4.93. The highest BCUT2D eigenvalue weighted by Gasteiger charge is 2.43. The molecule has 0 bridgehead atoms. The first-order valence-electron chi connectivity index (χ1n) is 10.3. The molecular formula is C23H23F3N2O5. The van der Waals surface area contributed by atoms with Crippen molar-refractivity contribution < 1.29 is 37.4 Å². The van der Waals surface area contributed by atoms with Crippen LogP contribution < -0.4 is 5.32 Å². The minimum Gasteiger partial charge on any atom is -0.480 e. The van der Waals surface area contributed by atoms with Crippen LogP contribution in [-0.4, -0.2) is 59.9 Å². The highest BCUT2D eigenvalue weighted by Crippen LogP contribution is 2.44. The first-order valence-corrected chi connectivity index (χ1v) is 10.3. The highest BCUT2D eigenvalue weighted by molar-refractivity contribution is 5.82. The number of hydrogen-bond acceptors (Lipinski definition) is 4. The number of rotatable bonds is 8. The molecule has 2 aromatic carbocycles. The molecule has 2 N–H and O–H groups in total. The number of carbonyl (C=O) groups excluding carboxylic acids is 2. The second-order valence-corrected chi connectivity index (χ2v) is 7.57. The topological polar surface area (TPSA) is 95.9 Å². The van der Waals surface area contributed by atoms with Crippen LogP contribution in [-0.2, 0) is 14.3 Å². The lowest BCUT2D eigenvalue weighted by atomic mass is 9.98. The van der Waals surface area contributed by atoms with E-state index in [-0.39, 0.29) is 19.1 Å². The molecule has 0 fully saturated rings. The van der Waals surface area contributed by atoms with E-state index in [0.29, 0.717) is 0 Å². The van der Waals surface area contributed by atoms with Crippen LogP contribution in [0.25, 0.3) is 11.1 Å². The molecule has 0 saturated carbocycles. The van der Waals surface area contributed by atoms with Crippen molar-refractivity contribution in [2.24, 2.45) is 0 Å². The van der Waals surface area contributed by atoms with Gasteiger partial charge in [0.2, 0.25) is 5.91 Å². The lowest BCUT2D eigenvalue weighted by Crippen LogP contribution is -2.49. The lowest BCUT2D eigenvalue weighted by molar-refractivity contribution is -0.164. The summed E-state index contributed by atoms with van der Waals surface area (Å²) in [4.78, 5) is 36.0. The van der Waals surface area contributed by atoms with Gasteiger partial charge >= 0.3 is 18.2 Å². The quantitative estimate of drug-likeness (QED) is 0.620. The maximum atomic E-state index is 13.4. The summed E-state index contributed by atoms with van der Waals surface area (Å²) in [6, 6.07) is 12.5. The minimum absolute atomic E-state index is 0.0827. The number of hydrogen-bond donors (Lipinski definition) is 2. The number of alkyl halides is 3. The fraction of sp³-hybridized carbons (Fsp3) is 0.348. The number of carboxylic acids is 1. The van der Waals surface area contributed by atoms with Crippen LogP contribution in [0.5, 0.6) is 0 Å². The fourth-order valence-corrected chi connectivity index (χ4v) is 3.87. The van der Waals surface area contributed by atoms with Crippen molar-refractivity contribution in [2.75, 3.05) is 19.7 Å². The van der Waals surface area contributed by atoms with Gasteiger partial charge in [-0.05, 0) is 29.2 Å². The molecule has 2 amide bonds. The summed E-state index contributed by atoms with van der Waals surface area (Å²) >= 11 is 0. The van der Waals surface area contributed by atoms with E-state index in [9.17, 15) is 27.6 Å². The standard InChI is InChI=1S/C23H23F3N2O5/c1-2-28(12-21(30)31)20(29)11-19(23(24,25)26)27-22(32)33-13-18-16-9-5-3-7-14(16)15-8-4-6-10-17(15)18/h3-10,18-19H,2,11-13H2,1H3,(H,27,32)(H,30,31). The molecule has 3 rings (SSSR count). The van der Waals surface area contributed by atoms with Crippen molar-refractivity contribution >= 4 is 18.0 Å². The largest absolute Gasteiger partial charge is 0.480 e. The predicted octanol–water partition coefficient (Wildman–Crippen LogP) is 3.78. The van der Waals surface area contributed by atoms with Crippen LogP contribution in [0.15, 0.2) is 48.5 Å². The number of alkyl carbamates (subject to hydrolysis) is 1. The SMILES string of the molecule is CCN(CC(=O)O)C(=O)CC(NC(=O)OCC1c2ccccc2-c2ccccc21)C(F)(F)F. The smallest absolute Gasteiger partial charge is 0.409 e. The molecule has 10 heteroatoms. The first kappa shape index (κ1) is 24.1. The monoisotopic (exact) mass is 464 g/mol. The van der Waals surface area contributed by atoms with E-state index < -0.39 is 43.2 Å². The third-order valence-electron chi connectivity index (χ3n) is 5.47. The number of ether oxygens (including phenoxy) is 1. The van der Waals surface area contributed by atoms with Crippen LogP contribution in [0.1, 0.15) is 30.4 Å². The molecule has 1 aliphatic rings. The number of fused-ring (bicyclic) bond motifs is 3. The Bertz CT molecular complexity index is 995. The molecule has 1 atom stereocenters. The summed E-state index contributed by atoms with van der Waals surface area (Å²) in [6.45, 7) is 0.451. The molecule has 0 heterocycles. The number of likely N-dealkylation sites (N-methyl/N-ethyl adjacent to an activating group) is 1. The zero-order valence-corrected chi connectivity index (χ0v) is 17.8. The van der Waals surface area contributed by atoms with Crippen LogP contribution >= 0.6 is 0 Å². The van der Waals surface area contributed by atoms with Gasteiger partial charge < -0.3 is 20.1 Å². The summed E-state index contributed by atoms with van der Waals surface area (Å²) in [7, 11) is 0. The molecule has 0 aliphatic heterocycles. The number of amides is 2. The van der Waals surface area contributed by atoms with Gasteiger partial charge in [0, 0.05) is 12.5 Å². The Hall–Kier alpha value is -3.56. The van der Waals surface area contributed by atoms with Gasteiger partial charge in [0.15, 0.2) is 0 Å². The second-order valence-electron chi connectivity index (χ2n) is 7.57. The Labute approximate surface area is 188 Å². The summed E-state index contributed by atoms with van der Waals surface area (Å²) < 4.78 is 45.5. The number of aliphatic carboxylic acids is 1. The van der Waals surface area contributed by atoms with Crippen molar-refractivity contribution in [1.29, 1.82) is 0 Å². The second kappa shape index (κ2) is 9.93. The molecule has 0 radical (unpaired) electrons. The number of carbonyl (C=O) groups is 3. The van der Waals surface area contributed by atoms with Crippen LogP contribution in [0.3, 0.4) is 0 Å². The van der Waals surface area contributed by atoms with Gasteiger partial charge in [-0.3, -0.25) is 9.59 Å². The number of nitrogens with zero attached hydrogens (tertiary/aromatic N) is 1. The molecule has 176 valence electrons. The molecule has 0 saturated heterocycles. The highest BCUT2D eigenvalue weighted by atomic mass is 19.4. The molecule has 0 spiro atoms. The number of benzene rings is 2. The van der Waals surface area contributed by atoms with Gasteiger partial charge in [0.05, 0.1) is 6.42 Å². The van der Waals surface area contributed by atoms with Crippen LogP contribution in [0.4, 0.5) is 18.0 Å². The summed E-state index contributed by atoms with van der Waals surface area (Å²) in [5.41, 5.74) is 3.75. The molecule has 33 heavy (non-hydrogen) atoms. The zero-order chi connectivity index (χ0) is 24.2. The zero-order valence-electron chi connectivity index (χ0n) is 17.8. The van der Waals surface area contributed by atoms with Crippen molar-refractivity contribution in [1.82, 2.24) is 10.2 Å². The third-order valence-corrected chi connectivity index (χ3v) is 5.47. The predicted molar refractivity (Wildman–Crippen MR) is 113 cm³/mol. The Morgan fingerprint density at radius 1 is 1.06 bits per heavy atom. The van der Waals surface area contributed by atoms with Crippen molar-refractivity contribution in [2.45, 2.75) is 31.5 Å². The summed E-state index contributed by atoms with van der Waals surface area (Å²) in [5.74, 6) is -2.72. The normalized spacial score (nSPS) is 13.6. The van der Waals surface area contributed by atoms with E-state index in [1.54, 1.807) is 5.32 Å². The van der Waals surface area contributed by atoms with Crippen molar-refractivity contribution in [3.05, 3.63) is 59.7 Å². The Balaban J connectivity index is 1.67. The van der Waals surface area contributed by atoms with Crippen LogP contribution in [0, 0.1) is 0 Å². The van der Waals surface area contributed by atoms with E-state index >= 15 is 0 Å². The van der Waals surface area contributed by atoms with E-state index in [4.69, 9.17) is 9.84 Å².